The van der Waals surface area contributed by atoms with Gasteiger partial charge in [0.1, 0.15) is 0 Å². The number of nitrogens with zero attached hydrogens (tertiary/aromatic N) is 3. The summed E-state index contributed by atoms with van der Waals surface area (Å²) in [7, 11) is -3.81. The number of rotatable bonds is 6. The predicted octanol–water partition coefficient (Wildman–Crippen LogP) is 1.86. The number of benzene rings is 1. The fourth-order valence-electron chi connectivity index (χ4n) is 2.95. The van der Waals surface area contributed by atoms with Crippen molar-refractivity contribution in [2.75, 3.05) is 26.2 Å². The van der Waals surface area contributed by atoms with Crippen molar-refractivity contribution in [1.29, 1.82) is 0 Å². The Labute approximate surface area is 147 Å². The summed E-state index contributed by atoms with van der Waals surface area (Å²) in [4.78, 5) is 24.2. The van der Waals surface area contributed by atoms with Crippen LogP contribution in [-0.2, 0) is 14.8 Å². The molecule has 9 heteroatoms. The first-order valence-electron chi connectivity index (χ1n) is 8.34. The smallest absolute Gasteiger partial charge is 0.270 e. The maximum atomic E-state index is 12.7. The number of carbonyl (C=O) groups is 1. The Kier molecular flexibility index (Phi) is 6.12. The first kappa shape index (κ1) is 19.3. The van der Waals surface area contributed by atoms with Crippen molar-refractivity contribution < 1.29 is 18.1 Å². The molecule has 0 aliphatic carbocycles. The van der Waals surface area contributed by atoms with E-state index in [0.29, 0.717) is 13.1 Å². The van der Waals surface area contributed by atoms with Gasteiger partial charge in [-0.3, -0.25) is 14.9 Å². The quantitative estimate of drug-likeness (QED) is 0.563. The molecule has 2 rings (SSSR count). The largest absolute Gasteiger partial charge is 0.340 e. The normalized spacial score (nSPS) is 16.2. The van der Waals surface area contributed by atoms with E-state index < -0.39 is 14.9 Å². The van der Waals surface area contributed by atoms with Gasteiger partial charge in [-0.15, -0.1) is 0 Å². The molecule has 1 aromatic rings. The van der Waals surface area contributed by atoms with Crippen molar-refractivity contribution in [3.8, 4) is 0 Å². The summed E-state index contributed by atoms with van der Waals surface area (Å²) in [6, 6.07) is 5.03. The zero-order valence-corrected chi connectivity index (χ0v) is 15.2. The van der Waals surface area contributed by atoms with Gasteiger partial charge in [0, 0.05) is 44.2 Å². The molecule has 0 unspecified atom stereocenters. The second-order valence-electron chi connectivity index (χ2n) is 6.00. The third-order valence-electron chi connectivity index (χ3n) is 4.55. The summed E-state index contributed by atoms with van der Waals surface area (Å²) in [5.74, 6) is 0.0392. The fraction of sp³-hybridized carbons (Fsp3) is 0.562. The zero-order valence-electron chi connectivity index (χ0n) is 14.4. The van der Waals surface area contributed by atoms with Crippen molar-refractivity contribution in [2.45, 2.75) is 31.6 Å². The SMILES string of the molecule is CCC(CC)C(=O)N1CCN(S(=O)(=O)c2cccc([N+](=O)[O-])c2)CC1. The summed E-state index contributed by atoms with van der Waals surface area (Å²) in [6.45, 7) is 4.99. The molecule has 0 radical (unpaired) electrons. The van der Waals surface area contributed by atoms with Gasteiger partial charge in [-0.2, -0.15) is 4.31 Å². The van der Waals surface area contributed by atoms with Crippen molar-refractivity contribution >= 4 is 21.6 Å². The number of non-ortho nitro benzene ring substituents is 1. The second-order valence-corrected chi connectivity index (χ2v) is 7.94. The first-order chi connectivity index (χ1) is 11.8. The minimum absolute atomic E-state index is 0.0278. The summed E-state index contributed by atoms with van der Waals surface area (Å²) < 4.78 is 26.6. The van der Waals surface area contributed by atoms with Crippen LogP contribution in [0.3, 0.4) is 0 Å². The van der Waals surface area contributed by atoms with Gasteiger partial charge in [0.05, 0.1) is 9.82 Å². The molecule has 1 saturated heterocycles. The lowest BCUT2D eigenvalue weighted by Gasteiger charge is -2.35. The molecule has 0 aromatic heterocycles. The molecule has 1 fully saturated rings. The van der Waals surface area contributed by atoms with E-state index in [1.807, 2.05) is 13.8 Å². The van der Waals surface area contributed by atoms with E-state index in [1.54, 1.807) is 4.90 Å². The lowest BCUT2D eigenvalue weighted by atomic mass is 10.0. The molecule has 1 aromatic carbocycles. The number of nitro benzene ring substituents is 1. The average molecular weight is 369 g/mol. The fourth-order valence-corrected chi connectivity index (χ4v) is 4.41. The lowest BCUT2D eigenvalue weighted by molar-refractivity contribution is -0.385. The van der Waals surface area contributed by atoms with Crippen LogP contribution in [0.5, 0.6) is 0 Å². The summed E-state index contributed by atoms with van der Waals surface area (Å²) >= 11 is 0. The molecule has 0 N–H and O–H groups in total. The molecule has 1 heterocycles. The molecule has 8 nitrogen and oxygen atoms in total. The van der Waals surface area contributed by atoms with E-state index in [4.69, 9.17) is 0 Å². The zero-order chi connectivity index (χ0) is 18.6. The van der Waals surface area contributed by atoms with Crippen molar-refractivity contribution in [3.05, 3.63) is 34.4 Å². The van der Waals surface area contributed by atoms with Crippen LogP contribution >= 0.6 is 0 Å². The Balaban J connectivity index is 2.10. The van der Waals surface area contributed by atoms with Gasteiger partial charge in [0.25, 0.3) is 5.69 Å². The van der Waals surface area contributed by atoms with Crippen LogP contribution in [0.4, 0.5) is 5.69 Å². The van der Waals surface area contributed by atoms with Crippen LogP contribution in [0.2, 0.25) is 0 Å². The number of hydrogen-bond acceptors (Lipinski definition) is 5. The monoisotopic (exact) mass is 369 g/mol. The molecule has 0 atom stereocenters. The predicted molar refractivity (Wildman–Crippen MR) is 92.5 cm³/mol. The number of amides is 1. The van der Waals surface area contributed by atoms with Crippen LogP contribution in [0, 0.1) is 16.0 Å². The molecular weight excluding hydrogens is 346 g/mol. The highest BCUT2D eigenvalue weighted by molar-refractivity contribution is 7.89. The van der Waals surface area contributed by atoms with E-state index in [1.165, 1.54) is 22.5 Å². The number of nitro groups is 1. The Morgan fingerprint density at radius 3 is 2.32 bits per heavy atom. The topological polar surface area (TPSA) is 101 Å². The summed E-state index contributed by atoms with van der Waals surface area (Å²) in [5.41, 5.74) is -0.261. The van der Waals surface area contributed by atoms with Gasteiger partial charge in [-0.05, 0) is 18.9 Å². The van der Waals surface area contributed by atoms with Gasteiger partial charge in [0.2, 0.25) is 15.9 Å². The number of hydrogen-bond donors (Lipinski definition) is 0. The van der Waals surface area contributed by atoms with Gasteiger partial charge in [-0.25, -0.2) is 8.42 Å². The molecule has 25 heavy (non-hydrogen) atoms. The van der Waals surface area contributed by atoms with Gasteiger partial charge >= 0.3 is 0 Å². The Hall–Kier alpha value is -2.00. The average Bonchev–Trinajstić information content (AvgIpc) is 2.62. The van der Waals surface area contributed by atoms with Crippen LogP contribution in [0.15, 0.2) is 29.2 Å². The summed E-state index contributed by atoms with van der Waals surface area (Å²) in [5, 5.41) is 10.8. The Morgan fingerprint density at radius 1 is 1.20 bits per heavy atom. The third-order valence-corrected chi connectivity index (χ3v) is 6.45. The van der Waals surface area contributed by atoms with E-state index in [-0.39, 0.29) is 35.5 Å². The van der Waals surface area contributed by atoms with Gasteiger partial charge in [-0.1, -0.05) is 19.9 Å². The number of piperazine rings is 1. The molecule has 0 saturated carbocycles. The van der Waals surface area contributed by atoms with Gasteiger partial charge < -0.3 is 4.90 Å². The maximum Gasteiger partial charge on any atom is 0.270 e. The minimum atomic E-state index is -3.81. The number of carbonyl (C=O) groups excluding carboxylic acids is 1. The highest BCUT2D eigenvalue weighted by Gasteiger charge is 2.32. The van der Waals surface area contributed by atoms with Crippen molar-refractivity contribution in [2.24, 2.45) is 5.92 Å². The Morgan fingerprint density at radius 2 is 1.80 bits per heavy atom. The number of sulfonamides is 1. The van der Waals surface area contributed by atoms with E-state index in [9.17, 15) is 23.3 Å². The highest BCUT2D eigenvalue weighted by atomic mass is 32.2. The van der Waals surface area contributed by atoms with Crippen LogP contribution in [0.25, 0.3) is 0 Å². The van der Waals surface area contributed by atoms with E-state index in [0.717, 1.165) is 18.9 Å². The molecule has 1 amide bonds. The van der Waals surface area contributed by atoms with Gasteiger partial charge in [0.15, 0.2) is 0 Å². The van der Waals surface area contributed by atoms with Crippen LogP contribution < -0.4 is 0 Å². The highest BCUT2D eigenvalue weighted by Crippen LogP contribution is 2.22. The summed E-state index contributed by atoms with van der Waals surface area (Å²) in [6.07, 6.45) is 1.53. The first-order valence-corrected chi connectivity index (χ1v) is 9.78. The molecular formula is C16H23N3O5S. The van der Waals surface area contributed by atoms with E-state index >= 15 is 0 Å². The molecule has 0 bridgehead atoms. The third kappa shape index (κ3) is 4.16. The second kappa shape index (κ2) is 7.92. The standard InChI is InChI=1S/C16H23N3O5S/c1-3-13(4-2)16(20)17-8-10-18(11-9-17)25(23,24)15-7-5-6-14(12-15)19(21)22/h5-7,12-13H,3-4,8-11H2,1-2H3. The minimum Gasteiger partial charge on any atom is -0.340 e. The molecule has 1 aliphatic heterocycles. The molecule has 138 valence electrons. The van der Waals surface area contributed by atoms with Crippen molar-refractivity contribution in [3.63, 3.8) is 0 Å². The molecule has 0 spiro atoms. The Bertz CT molecular complexity index is 738. The molecule has 1 aliphatic rings. The maximum absolute atomic E-state index is 12.7. The van der Waals surface area contributed by atoms with Crippen LogP contribution in [0.1, 0.15) is 26.7 Å². The van der Waals surface area contributed by atoms with E-state index in [2.05, 4.69) is 0 Å². The van der Waals surface area contributed by atoms with Crippen LogP contribution in [-0.4, -0.2) is 54.6 Å². The van der Waals surface area contributed by atoms with Crippen molar-refractivity contribution in [1.82, 2.24) is 9.21 Å². The lowest BCUT2D eigenvalue weighted by Crippen LogP contribution is -2.51.